The van der Waals surface area contributed by atoms with Crippen molar-refractivity contribution in [2.45, 2.75) is 13.8 Å². The van der Waals surface area contributed by atoms with E-state index in [9.17, 15) is 50.7 Å². The van der Waals surface area contributed by atoms with Gasteiger partial charge in [0.05, 0.1) is 31.8 Å². The number of phenols is 2. The number of hydrogen-bond acceptors (Lipinski definition) is 10. The average molecular weight is 396 g/mol. The fourth-order valence-electron chi connectivity index (χ4n) is 1.97. The molecule has 0 heterocycles. The van der Waals surface area contributed by atoms with Gasteiger partial charge < -0.3 is 10.2 Å². The van der Waals surface area contributed by atoms with Gasteiger partial charge in [-0.25, -0.2) is 0 Å². The molecule has 2 rings (SSSR count). The van der Waals surface area contributed by atoms with Crippen LogP contribution < -0.4 is 0 Å². The second kappa shape index (κ2) is 8.35. The standard InChI is InChI=1S/2C7H6N2O5/c2*1-4-2-5(8(11)12)3-6(7(4)10)9(13)14/h2*2-3,10H,1H3. The lowest BCUT2D eigenvalue weighted by molar-refractivity contribution is -0.395. The fraction of sp³-hybridized carbons (Fsp3) is 0.143. The Morgan fingerprint density at radius 2 is 0.893 bits per heavy atom. The molecule has 2 aromatic rings. The molecule has 0 atom stereocenters. The van der Waals surface area contributed by atoms with E-state index in [0.29, 0.717) is 0 Å². The smallest absolute Gasteiger partial charge is 0.317 e. The summed E-state index contributed by atoms with van der Waals surface area (Å²) in [6, 6.07) is 3.59. The van der Waals surface area contributed by atoms with Crippen LogP contribution in [0, 0.1) is 54.3 Å². The summed E-state index contributed by atoms with van der Waals surface area (Å²) in [7, 11) is 0. The molecule has 0 amide bonds. The number of rotatable bonds is 4. The first-order valence-electron chi connectivity index (χ1n) is 7.11. The van der Waals surface area contributed by atoms with E-state index >= 15 is 0 Å². The van der Waals surface area contributed by atoms with Gasteiger partial charge in [0.1, 0.15) is 0 Å². The van der Waals surface area contributed by atoms with Crippen LogP contribution in [0.1, 0.15) is 11.1 Å². The van der Waals surface area contributed by atoms with Gasteiger partial charge in [-0.1, -0.05) is 0 Å². The average Bonchev–Trinajstić information content (AvgIpc) is 2.59. The van der Waals surface area contributed by atoms with E-state index in [-0.39, 0.29) is 11.1 Å². The molecule has 0 radical (unpaired) electrons. The Bertz CT molecular complexity index is 909. The zero-order chi connectivity index (χ0) is 21.8. The van der Waals surface area contributed by atoms with Crippen molar-refractivity contribution in [3.05, 3.63) is 75.8 Å². The minimum atomic E-state index is -0.866. The first-order chi connectivity index (χ1) is 12.9. The first kappa shape index (κ1) is 21.7. The van der Waals surface area contributed by atoms with Crippen LogP contribution in [0.5, 0.6) is 11.5 Å². The molecule has 14 nitrogen and oxygen atoms in total. The summed E-state index contributed by atoms with van der Waals surface area (Å²) in [6.07, 6.45) is 0. The molecule has 148 valence electrons. The molecule has 0 aliphatic carbocycles. The topological polar surface area (TPSA) is 213 Å². The lowest BCUT2D eigenvalue weighted by Crippen LogP contribution is -1.94. The molecule has 0 fully saturated rings. The maximum atomic E-state index is 10.4. The van der Waals surface area contributed by atoms with Crippen molar-refractivity contribution in [2.24, 2.45) is 0 Å². The molecule has 0 saturated carbocycles. The summed E-state index contributed by atoms with van der Waals surface area (Å²) in [5.74, 6) is -1.08. The van der Waals surface area contributed by atoms with Crippen molar-refractivity contribution in [2.75, 3.05) is 0 Å². The highest BCUT2D eigenvalue weighted by molar-refractivity contribution is 5.58. The van der Waals surface area contributed by atoms with Crippen LogP contribution in [0.15, 0.2) is 24.3 Å². The molecule has 2 N–H and O–H groups in total. The molecule has 28 heavy (non-hydrogen) atoms. The first-order valence-corrected chi connectivity index (χ1v) is 7.11. The number of hydrogen-bond donors (Lipinski definition) is 2. The van der Waals surface area contributed by atoms with Crippen LogP contribution in [-0.2, 0) is 0 Å². The zero-order valence-electron chi connectivity index (χ0n) is 14.3. The van der Waals surface area contributed by atoms with Gasteiger partial charge in [-0.05, 0) is 13.8 Å². The molecular formula is C14H12N4O10. The van der Waals surface area contributed by atoms with E-state index < -0.39 is 53.9 Å². The number of benzene rings is 2. The Balaban J connectivity index is 0.000000280. The number of non-ortho nitro benzene ring substituents is 2. The molecule has 2 aromatic carbocycles. The predicted molar refractivity (Wildman–Crippen MR) is 92.3 cm³/mol. The number of nitro groups is 4. The normalized spacial score (nSPS) is 9.79. The van der Waals surface area contributed by atoms with E-state index in [1.165, 1.54) is 13.8 Å². The summed E-state index contributed by atoms with van der Waals surface area (Å²) in [4.78, 5) is 38.2. The molecule has 0 saturated heterocycles. The Kier molecular flexibility index (Phi) is 6.46. The van der Waals surface area contributed by atoms with Crippen molar-refractivity contribution < 1.29 is 29.9 Å². The molecule has 0 aliphatic heterocycles. The fourth-order valence-corrected chi connectivity index (χ4v) is 1.97. The summed E-state index contributed by atoms with van der Waals surface area (Å²) in [5, 5.41) is 59.8. The molecule has 0 bridgehead atoms. The number of nitrogens with zero attached hydrogens (tertiary/aromatic N) is 4. The Hall–Kier alpha value is -4.36. The molecule has 14 heteroatoms. The predicted octanol–water partition coefficient (Wildman–Crippen LogP) is 3.03. The van der Waals surface area contributed by atoms with Crippen LogP contribution in [0.2, 0.25) is 0 Å². The van der Waals surface area contributed by atoms with Crippen molar-refractivity contribution in [3.8, 4) is 11.5 Å². The maximum Gasteiger partial charge on any atom is 0.317 e. The van der Waals surface area contributed by atoms with Gasteiger partial charge in [-0.15, -0.1) is 0 Å². The third kappa shape index (κ3) is 4.84. The van der Waals surface area contributed by atoms with Crippen LogP contribution in [0.4, 0.5) is 22.7 Å². The van der Waals surface area contributed by atoms with Gasteiger partial charge in [0.15, 0.2) is 11.5 Å². The van der Waals surface area contributed by atoms with Gasteiger partial charge in [0.2, 0.25) is 0 Å². The number of aromatic hydroxyl groups is 2. The largest absolute Gasteiger partial charge is 0.502 e. The van der Waals surface area contributed by atoms with Gasteiger partial charge in [-0.2, -0.15) is 0 Å². The minimum absolute atomic E-state index is 0.103. The summed E-state index contributed by atoms with van der Waals surface area (Å²) in [5.41, 5.74) is -1.93. The highest BCUT2D eigenvalue weighted by Gasteiger charge is 2.22. The highest BCUT2D eigenvalue weighted by Crippen LogP contribution is 2.34. The van der Waals surface area contributed by atoms with Gasteiger partial charge >= 0.3 is 11.4 Å². The molecule has 0 spiro atoms. The van der Waals surface area contributed by atoms with Crippen molar-refractivity contribution >= 4 is 22.7 Å². The molecule has 0 aromatic heterocycles. The SMILES string of the molecule is Cc1cc([N+](=O)[O-])cc([N+](=O)[O-])c1O.Cc1cc([N+](=O)[O-])cc([N+](=O)[O-])c1O. The summed E-state index contributed by atoms with van der Waals surface area (Å²) >= 11 is 0. The summed E-state index contributed by atoms with van der Waals surface area (Å²) in [6.45, 7) is 2.71. The lowest BCUT2D eigenvalue weighted by atomic mass is 10.1. The van der Waals surface area contributed by atoms with Crippen molar-refractivity contribution in [1.29, 1.82) is 0 Å². The van der Waals surface area contributed by atoms with Crippen LogP contribution in [0.25, 0.3) is 0 Å². The highest BCUT2D eigenvalue weighted by atomic mass is 16.6. The number of phenolic OH excluding ortho intramolecular Hbond substituents is 2. The summed E-state index contributed by atoms with van der Waals surface area (Å²) < 4.78 is 0. The minimum Gasteiger partial charge on any atom is -0.502 e. The van der Waals surface area contributed by atoms with E-state index in [2.05, 4.69) is 0 Å². The monoisotopic (exact) mass is 396 g/mol. The second-order valence-corrected chi connectivity index (χ2v) is 5.29. The van der Waals surface area contributed by atoms with Crippen LogP contribution in [-0.4, -0.2) is 29.9 Å². The van der Waals surface area contributed by atoms with E-state index in [0.717, 1.165) is 24.3 Å². The molecule has 0 aliphatic rings. The van der Waals surface area contributed by atoms with E-state index in [4.69, 9.17) is 0 Å². The van der Waals surface area contributed by atoms with E-state index in [1.54, 1.807) is 0 Å². The zero-order valence-corrected chi connectivity index (χ0v) is 14.3. The third-order valence-electron chi connectivity index (χ3n) is 3.35. The Morgan fingerprint density at radius 3 is 1.11 bits per heavy atom. The lowest BCUT2D eigenvalue weighted by Gasteiger charge is -1.99. The molecular weight excluding hydrogens is 384 g/mol. The Morgan fingerprint density at radius 1 is 0.607 bits per heavy atom. The van der Waals surface area contributed by atoms with Crippen LogP contribution >= 0.6 is 0 Å². The molecule has 0 unspecified atom stereocenters. The second-order valence-electron chi connectivity index (χ2n) is 5.29. The third-order valence-corrected chi connectivity index (χ3v) is 3.35. The van der Waals surface area contributed by atoms with Gasteiger partial charge in [-0.3, -0.25) is 40.5 Å². The number of aryl methyl sites for hydroxylation is 2. The van der Waals surface area contributed by atoms with Gasteiger partial charge in [0, 0.05) is 23.3 Å². The van der Waals surface area contributed by atoms with E-state index in [1.807, 2.05) is 0 Å². The van der Waals surface area contributed by atoms with Crippen molar-refractivity contribution in [1.82, 2.24) is 0 Å². The van der Waals surface area contributed by atoms with Crippen molar-refractivity contribution in [3.63, 3.8) is 0 Å². The quantitative estimate of drug-likeness (QED) is 0.568. The van der Waals surface area contributed by atoms with Crippen LogP contribution in [0.3, 0.4) is 0 Å². The maximum absolute atomic E-state index is 10.4. The Labute approximate surface area is 154 Å². The van der Waals surface area contributed by atoms with Gasteiger partial charge in [0.25, 0.3) is 11.4 Å². The number of nitro benzene ring substituents is 4.